The normalized spacial score (nSPS) is 11.9. The molecule has 0 heterocycles. The SMILES string of the molecule is COc1c(NC(=O)c2ccc(C)c(O)c2)cc(C(C)(C)C)cc1S(C)(=O)=O. The molecular formula is C20H25NO5S. The van der Waals surface area contributed by atoms with Crippen LogP contribution in [0.1, 0.15) is 42.3 Å². The van der Waals surface area contributed by atoms with Crippen LogP contribution < -0.4 is 10.1 Å². The number of phenols is 1. The molecule has 0 aliphatic carbocycles. The van der Waals surface area contributed by atoms with E-state index in [-0.39, 0.29) is 33.1 Å². The number of rotatable bonds is 4. The summed E-state index contributed by atoms with van der Waals surface area (Å²) in [6.45, 7) is 7.57. The smallest absolute Gasteiger partial charge is 0.255 e. The fourth-order valence-corrected chi connectivity index (χ4v) is 3.43. The van der Waals surface area contributed by atoms with Crippen molar-refractivity contribution in [2.75, 3.05) is 18.7 Å². The summed E-state index contributed by atoms with van der Waals surface area (Å²) in [6.07, 6.45) is 1.10. The molecule has 2 aromatic rings. The molecule has 2 N–H and O–H groups in total. The summed E-state index contributed by atoms with van der Waals surface area (Å²) in [5.41, 5.74) is 1.56. The third-order valence-electron chi connectivity index (χ3n) is 4.24. The summed E-state index contributed by atoms with van der Waals surface area (Å²) in [5, 5.41) is 12.5. The van der Waals surface area contributed by atoms with Gasteiger partial charge in [-0.2, -0.15) is 0 Å². The molecule has 0 aliphatic heterocycles. The van der Waals surface area contributed by atoms with E-state index >= 15 is 0 Å². The van der Waals surface area contributed by atoms with Gasteiger partial charge in [-0.05, 0) is 47.7 Å². The van der Waals surface area contributed by atoms with Gasteiger partial charge in [0.05, 0.1) is 12.8 Å². The van der Waals surface area contributed by atoms with Crippen molar-refractivity contribution in [1.29, 1.82) is 0 Å². The molecule has 2 rings (SSSR count). The summed E-state index contributed by atoms with van der Waals surface area (Å²) < 4.78 is 29.8. The Kier molecular flexibility index (Phi) is 5.56. The summed E-state index contributed by atoms with van der Waals surface area (Å²) >= 11 is 0. The van der Waals surface area contributed by atoms with Gasteiger partial charge in [0.15, 0.2) is 15.6 Å². The maximum absolute atomic E-state index is 12.6. The van der Waals surface area contributed by atoms with E-state index < -0.39 is 15.7 Å². The maximum Gasteiger partial charge on any atom is 0.255 e. The Hall–Kier alpha value is -2.54. The minimum absolute atomic E-state index is 0.00915. The van der Waals surface area contributed by atoms with Crippen molar-refractivity contribution in [3.63, 3.8) is 0 Å². The molecule has 0 atom stereocenters. The molecule has 0 aliphatic rings. The van der Waals surface area contributed by atoms with Gasteiger partial charge in [-0.15, -0.1) is 0 Å². The van der Waals surface area contributed by atoms with Crippen LogP contribution in [0.3, 0.4) is 0 Å². The van der Waals surface area contributed by atoms with E-state index in [1.165, 1.54) is 13.2 Å². The number of methoxy groups -OCH3 is 1. The van der Waals surface area contributed by atoms with Crippen molar-refractivity contribution in [2.24, 2.45) is 0 Å². The lowest BCUT2D eigenvalue weighted by molar-refractivity contribution is 0.102. The molecule has 7 heteroatoms. The summed E-state index contributed by atoms with van der Waals surface area (Å²) in [6, 6.07) is 7.86. The molecule has 0 saturated heterocycles. The Balaban J connectivity index is 2.60. The Morgan fingerprint density at radius 1 is 1.15 bits per heavy atom. The molecule has 0 spiro atoms. The monoisotopic (exact) mass is 391 g/mol. The van der Waals surface area contributed by atoms with Gasteiger partial charge >= 0.3 is 0 Å². The highest BCUT2D eigenvalue weighted by Crippen LogP contribution is 2.38. The second-order valence-electron chi connectivity index (χ2n) is 7.53. The highest BCUT2D eigenvalue weighted by Gasteiger charge is 2.25. The van der Waals surface area contributed by atoms with Crippen LogP contribution in [0.4, 0.5) is 5.69 Å². The number of aromatic hydroxyl groups is 1. The lowest BCUT2D eigenvalue weighted by Gasteiger charge is -2.23. The van der Waals surface area contributed by atoms with Crippen molar-refractivity contribution in [3.8, 4) is 11.5 Å². The second-order valence-corrected chi connectivity index (χ2v) is 9.52. The molecule has 0 aromatic heterocycles. The minimum Gasteiger partial charge on any atom is -0.508 e. The van der Waals surface area contributed by atoms with Crippen LogP contribution >= 0.6 is 0 Å². The van der Waals surface area contributed by atoms with Gasteiger partial charge in [0.1, 0.15) is 10.6 Å². The number of benzene rings is 2. The number of anilines is 1. The first kappa shape index (κ1) is 20.8. The van der Waals surface area contributed by atoms with Crippen LogP contribution in [-0.4, -0.2) is 32.8 Å². The Labute approximate surface area is 160 Å². The molecule has 0 radical (unpaired) electrons. The highest BCUT2D eigenvalue weighted by molar-refractivity contribution is 7.90. The first-order valence-electron chi connectivity index (χ1n) is 8.38. The molecular weight excluding hydrogens is 366 g/mol. The first-order valence-corrected chi connectivity index (χ1v) is 10.3. The molecule has 0 fully saturated rings. The van der Waals surface area contributed by atoms with Crippen LogP contribution in [0, 0.1) is 6.92 Å². The number of hydrogen-bond acceptors (Lipinski definition) is 5. The number of carbonyl (C=O) groups is 1. The van der Waals surface area contributed by atoms with E-state index in [0.29, 0.717) is 5.56 Å². The highest BCUT2D eigenvalue weighted by atomic mass is 32.2. The molecule has 2 aromatic carbocycles. The number of hydrogen-bond donors (Lipinski definition) is 2. The number of nitrogens with one attached hydrogen (secondary N) is 1. The first-order chi connectivity index (χ1) is 12.3. The Bertz CT molecular complexity index is 988. The second kappa shape index (κ2) is 7.23. The van der Waals surface area contributed by atoms with Gasteiger partial charge in [-0.25, -0.2) is 8.42 Å². The third kappa shape index (κ3) is 4.60. The van der Waals surface area contributed by atoms with Crippen molar-refractivity contribution in [1.82, 2.24) is 0 Å². The molecule has 6 nitrogen and oxygen atoms in total. The van der Waals surface area contributed by atoms with E-state index in [1.54, 1.807) is 31.2 Å². The number of ether oxygens (including phenoxy) is 1. The van der Waals surface area contributed by atoms with Crippen LogP contribution in [0.25, 0.3) is 0 Å². The van der Waals surface area contributed by atoms with Crippen LogP contribution in [-0.2, 0) is 15.3 Å². The summed E-state index contributed by atoms with van der Waals surface area (Å²) in [7, 11) is -2.22. The number of phenolic OH excluding ortho intramolecular Hbond substituents is 1. The zero-order valence-corrected chi connectivity index (χ0v) is 17.2. The zero-order chi connectivity index (χ0) is 20.6. The van der Waals surface area contributed by atoms with E-state index in [0.717, 1.165) is 11.8 Å². The average Bonchev–Trinajstić information content (AvgIpc) is 2.54. The fraction of sp³-hybridized carbons (Fsp3) is 0.350. The third-order valence-corrected chi connectivity index (χ3v) is 5.35. The molecule has 0 bridgehead atoms. The van der Waals surface area contributed by atoms with E-state index in [9.17, 15) is 18.3 Å². The van der Waals surface area contributed by atoms with Gasteiger partial charge in [0, 0.05) is 11.8 Å². The molecule has 0 unspecified atom stereocenters. The zero-order valence-electron chi connectivity index (χ0n) is 16.4. The predicted molar refractivity (Wildman–Crippen MR) is 106 cm³/mol. The lowest BCUT2D eigenvalue weighted by atomic mass is 9.86. The van der Waals surface area contributed by atoms with Gasteiger partial charge in [-0.3, -0.25) is 4.79 Å². The maximum atomic E-state index is 12.6. The van der Waals surface area contributed by atoms with E-state index in [4.69, 9.17) is 4.74 Å². The molecule has 1 amide bonds. The Morgan fingerprint density at radius 3 is 2.26 bits per heavy atom. The average molecular weight is 391 g/mol. The number of amides is 1. The van der Waals surface area contributed by atoms with Gasteiger partial charge in [-0.1, -0.05) is 26.8 Å². The predicted octanol–water partition coefficient (Wildman–Crippen LogP) is 3.66. The largest absolute Gasteiger partial charge is 0.508 e. The van der Waals surface area contributed by atoms with Crippen LogP contribution in [0.15, 0.2) is 35.2 Å². The van der Waals surface area contributed by atoms with Crippen molar-refractivity contribution in [2.45, 2.75) is 38.0 Å². The summed E-state index contributed by atoms with van der Waals surface area (Å²) in [4.78, 5) is 12.7. The van der Waals surface area contributed by atoms with Crippen molar-refractivity contribution < 1.29 is 23.1 Å². The standard InChI is InChI=1S/C20H25NO5S/c1-12-7-8-13(9-16(12)22)19(23)21-15-10-14(20(2,3)4)11-17(18(15)26-5)27(6,24)25/h7-11,22H,1-6H3,(H,21,23). The minimum atomic E-state index is -3.58. The van der Waals surface area contributed by atoms with E-state index in [2.05, 4.69) is 5.32 Å². The number of carbonyl (C=O) groups excluding carboxylic acids is 1. The van der Waals surface area contributed by atoms with Crippen LogP contribution in [0.2, 0.25) is 0 Å². The van der Waals surface area contributed by atoms with Crippen LogP contribution in [0.5, 0.6) is 11.5 Å². The molecule has 146 valence electrons. The fourth-order valence-electron chi connectivity index (χ4n) is 2.56. The van der Waals surface area contributed by atoms with Crippen molar-refractivity contribution >= 4 is 21.4 Å². The quantitative estimate of drug-likeness (QED) is 0.830. The lowest BCUT2D eigenvalue weighted by Crippen LogP contribution is -2.17. The number of sulfone groups is 1. The topological polar surface area (TPSA) is 92.7 Å². The van der Waals surface area contributed by atoms with Gasteiger partial charge in [0.2, 0.25) is 0 Å². The number of aryl methyl sites for hydroxylation is 1. The Morgan fingerprint density at radius 2 is 1.78 bits per heavy atom. The van der Waals surface area contributed by atoms with Crippen molar-refractivity contribution in [3.05, 3.63) is 47.0 Å². The van der Waals surface area contributed by atoms with Gasteiger partial charge in [0.25, 0.3) is 5.91 Å². The van der Waals surface area contributed by atoms with Gasteiger partial charge < -0.3 is 15.2 Å². The van der Waals surface area contributed by atoms with E-state index in [1.807, 2.05) is 20.8 Å². The molecule has 0 saturated carbocycles. The summed E-state index contributed by atoms with van der Waals surface area (Å²) in [5.74, 6) is -0.390. The molecule has 27 heavy (non-hydrogen) atoms.